The van der Waals surface area contributed by atoms with E-state index >= 15 is 0 Å². The first kappa shape index (κ1) is 12.6. The van der Waals surface area contributed by atoms with Crippen molar-refractivity contribution in [1.82, 2.24) is 5.32 Å². The number of amides is 2. The summed E-state index contributed by atoms with van der Waals surface area (Å²) in [6, 6.07) is 5.42. The van der Waals surface area contributed by atoms with Gasteiger partial charge in [0.05, 0.1) is 6.42 Å². The van der Waals surface area contributed by atoms with E-state index in [1.807, 2.05) is 26.8 Å². The Morgan fingerprint density at radius 1 is 1.33 bits per heavy atom. The highest BCUT2D eigenvalue weighted by Crippen LogP contribution is 2.35. The topological polar surface area (TPSA) is 49.4 Å². The average Bonchev–Trinajstić information content (AvgIpc) is 2.62. The quantitative estimate of drug-likeness (QED) is 0.820. The minimum absolute atomic E-state index is 0.0894. The van der Waals surface area contributed by atoms with Gasteiger partial charge >= 0.3 is 0 Å². The Kier molecular flexibility index (Phi) is 2.89. The van der Waals surface area contributed by atoms with Gasteiger partial charge in [0.25, 0.3) is 5.91 Å². The standard InChI is InChI=1S/C14H18N2O2/c1-14(2,3)16-11-7-10(13(18)15-4)6-5-9(11)8-12(16)17/h5-7H,8H2,1-4H3,(H,15,18). The van der Waals surface area contributed by atoms with Crippen LogP contribution in [-0.2, 0) is 11.2 Å². The molecule has 0 radical (unpaired) electrons. The number of fused-ring (bicyclic) bond motifs is 1. The lowest BCUT2D eigenvalue weighted by Crippen LogP contribution is -2.43. The summed E-state index contributed by atoms with van der Waals surface area (Å²) >= 11 is 0. The number of hydrogen-bond donors (Lipinski definition) is 1. The molecule has 0 atom stereocenters. The van der Waals surface area contributed by atoms with Gasteiger partial charge < -0.3 is 10.2 Å². The molecule has 2 rings (SSSR count). The smallest absolute Gasteiger partial charge is 0.251 e. The number of rotatable bonds is 1. The van der Waals surface area contributed by atoms with E-state index in [9.17, 15) is 9.59 Å². The van der Waals surface area contributed by atoms with Crippen LogP contribution in [0.2, 0.25) is 0 Å². The molecule has 18 heavy (non-hydrogen) atoms. The summed E-state index contributed by atoms with van der Waals surface area (Å²) in [5.74, 6) is -0.0439. The molecule has 4 nitrogen and oxygen atoms in total. The number of carbonyl (C=O) groups excluding carboxylic acids is 2. The van der Waals surface area contributed by atoms with Crippen molar-refractivity contribution in [3.63, 3.8) is 0 Å². The second-order valence-electron chi connectivity index (χ2n) is 5.50. The van der Waals surface area contributed by atoms with Crippen LogP contribution in [0.4, 0.5) is 5.69 Å². The van der Waals surface area contributed by atoms with E-state index in [0.717, 1.165) is 11.3 Å². The van der Waals surface area contributed by atoms with Crippen LogP contribution in [0.15, 0.2) is 18.2 Å². The molecule has 0 aromatic heterocycles. The molecule has 96 valence electrons. The molecule has 0 aliphatic carbocycles. The van der Waals surface area contributed by atoms with Gasteiger partial charge in [0, 0.05) is 23.8 Å². The minimum Gasteiger partial charge on any atom is -0.355 e. The Balaban J connectivity index is 2.50. The molecule has 2 amide bonds. The number of nitrogens with one attached hydrogen (secondary N) is 1. The van der Waals surface area contributed by atoms with E-state index < -0.39 is 0 Å². The highest BCUT2D eigenvalue weighted by atomic mass is 16.2. The van der Waals surface area contributed by atoms with Gasteiger partial charge in [-0.2, -0.15) is 0 Å². The zero-order valence-electron chi connectivity index (χ0n) is 11.2. The molecule has 0 fully saturated rings. The predicted octanol–water partition coefficient (Wildman–Crippen LogP) is 1.73. The Bertz CT molecular complexity index is 515. The summed E-state index contributed by atoms with van der Waals surface area (Å²) < 4.78 is 0. The number of benzene rings is 1. The first-order valence-corrected chi connectivity index (χ1v) is 6.02. The maximum Gasteiger partial charge on any atom is 0.251 e. The molecule has 1 N–H and O–H groups in total. The van der Waals surface area contributed by atoms with E-state index in [0.29, 0.717) is 12.0 Å². The molecule has 0 spiro atoms. The van der Waals surface area contributed by atoms with E-state index in [-0.39, 0.29) is 17.4 Å². The van der Waals surface area contributed by atoms with Crippen LogP contribution in [0.3, 0.4) is 0 Å². The second kappa shape index (κ2) is 4.12. The van der Waals surface area contributed by atoms with Crippen LogP contribution in [0.5, 0.6) is 0 Å². The maximum absolute atomic E-state index is 12.1. The predicted molar refractivity (Wildman–Crippen MR) is 70.8 cm³/mol. The molecule has 1 aromatic rings. The van der Waals surface area contributed by atoms with Gasteiger partial charge in [0.1, 0.15) is 0 Å². The zero-order chi connectivity index (χ0) is 13.5. The minimum atomic E-state index is -0.274. The monoisotopic (exact) mass is 246 g/mol. The molecule has 1 heterocycles. The Morgan fingerprint density at radius 3 is 2.56 bits per heavy atom. The Morgan fingerprint density at radius 2 is 2.00 bits per heavy atom. The number of hydrogen-bond acceptors (Lipinski definition) is 2. The summed E-state index contributed by atoms with van der Waals surface area (Å²) in [6.45, 7) is 5.98. The molecule has 1 aliphatic rings. The fraction of sp³-hybridized carbons (Fsp3) is 0.429. The average molecular weight is 246 g/mol. The summed E-state index contributed by atoms with van der Waals surface area (Å²) in [5.41, 5.74) is 2.15. The number of anilines is 1. The molecular weight excluding hydrogens is 228 g/mol. The van der Waals surface area contributed by atoms with Crippen LogP contribution in [0.25, 0.3) is 0 Å². The maximum atomic E-state index is 12.1. The third kappa shape index (κ3) is 1.98. The fourth-order valence-corrected chi connectivity index (χ4v) is 2.32. The van der Waals surface area contributed by atoms with Gasteiger partial charge in [0.2, 0.25) is 5.91 Å². The summed E-state index contributed by atoms with van der Waals surface area (Å²) in [4.78, 5) is 25.5. The third-order valence-corrected chi connectivity index (χ3v) is 3.08. The molecule has 0 saturated heterocycles. The summed E-state index contributed by atoms with van der Waals surface area (Å²) in [5, 5.41) is 2.59. The zero-order valence-corrected chi connectivity index (χ0v) is 11.2. The van der Waals surface area contributed by atoms with Crippen molar-refractivity contribution in [3.05, 3.63) is 29.3 Å². The summed E-state index contributed by atoms with van der Waals surface area (Å²) in [6.07, 6.45) is 0.417. The summed E-state index contributed by atoms with van der Waals surface area (Å²) in [7, 11) is 1.60. The molecule has 0 saturated carbocycles. The van der Waals surface area contributed by atoms with Gasteiger partial charge in [0.15, 0.2) is 0 Å². The molecule has 4 heteroatoms. The first-order chi connectivity index (χ1) is 8.34. The van der Waals surface area contributed by atoms with Crippen molar-refractivity contribution in [2.75, 3.05) is 11.9 Å². The lowest BCUT2D eigenvalue weighted by atomic mass is 10.0. The van der Waals surface area contributed by atoms with Crippen molar-refractivity contribution in [2.24, 2.45) is 0 Å². The van der Waals surface area contributed by atoms with Gasteiger partial charge in [-0.25, -0.2) is 0 Å². The van der Waals surface area contributed by atoms with Crippen LogP contribution >= 0.6 is 0 Å². The van der Waals surface area contributed by atoms with Gasteiger partial charge in [-0.1, -0.05) is 6.07 Å². The fourth-order valence-electron chi connectivity index (χ4n) is 2.32. The van der Waals surface area contributed by atoms with Crippen molar-refractivity contribution >= 4 is 17.5 Å². The van der Waals surface area contributed by atoms with Crippen molar-refractivity contribution < 1.29 is 9.59 Å². The van der Waals surface area contributed by atoms with Gasteiger partial charge in [-0.15, -0.1) is 0 Å². The van der Waals surface area contributed by atoms with E-state index in [1.54, 1.807) is 24.1 Å². The lowest BCUT2D eigenvalue weighted by Gasteiger charge is -2.32. The first-order valence-electron chi connectivity index (χ1n) is 6.02. The van der Waals surface area contributed by atoms with Crippen LogP contribution in [0.1, 0.15) is 36.7 Å². The molecule has 0 unspecified atom stereocenters. The molecule has 0 bridgehead atoms. The van der Waals surface area contributed by atoms with Gasteiger partial charge in [-0.05, 0) is 38.5 Å². The number of nitrogens with zero attached hydrogens (tertiary/aromatic N) is 1. The van der Waals surface area contributed by atoms with Crippen LogP contribution < -0.4 is 10.2 Å². The van der Waals surface area contributed by atoms with Crippen molar-refractivity contribution in [1.29, 1.82) is 0 Å². The van der Waals surface area contributed by atoms with Gasteiger partial charge in [-0.3, -0.25) is 9.59 Å². The molecule has 1 aromatic carbocycles. The van der Waals surface area contributed by atoms with E-state index in [1.165, 1.54) is 0 Å². The highest BCUT2D eigenvalue weighted by molar-refractivity contribution is 6.04. The Hall–Kier alpha value is -1.84. The van der Waals surface area contributed by atoms with Crippen LogP contribution in [0, 0.1) is 0 Å². The van der Waals surface area contributed by atoms with E-state index in [4.69, 9.17) is 0 Å². The van der Waals surface area contributed by atoms with Crippen LogP contribution in [-0.4, -0.2) is 24.4 Å². The SMILES string of the molecule is CNC(=O)c1ccc2c(c1)N(C(C)(C)C)C(=O)C2. The molecular formula is C14H18N2O2. The van der Waals surface area contributed by atoms with E-state index in [2.05, 4.69) is 5.32 Å². The second-order valence-corrected chi connectivity index (χ2v) is 5.50. The normalized spacial score (nSPS) is 14.7. The third-order valence-electron chi connectivity index (χ3n) is 3.08. The number of carbonyl (C=O) groups is 2. The lowest BCUT2D eigenvalue weighted by molar-refractivity contribution is -0.118. The highest BCUT2D eigenvalue weighted by Gasteiger charge is 2.35. The van der Waals surface area contributed by atoms with Crippen molar-refractivity contribution in [3.8, 4) is 0 Å². The largest absolute Gasteiger partial charge is 0.355 e. The van der Waals surface area contributed by atoms with Crippen molar-refractivity contribution in [2.45, 2.75) is 32.7 Å². The Labute approximate surface area is 107 Å². The molecule has 1 aliphatic heterocycles.